The molecular weight excluding hydrogens is 228 g/mol. The molecule has 0 unspecified atom stereocenters. The largest absolute Gasteiger partial charge is 0.490 e. The Morgan fingerprint density at radius 1 is 1.56 bits per heavy atom. The lowest BCUT2D eigenvalue weighted by atomic mass is 9.77. The first-order valence-corrected chi connectivity index (χ1v) is 6.28. The summed E-state index contributed by atoms with van der Waals surface area (Å²) in [6, 6.07) is 0. The van der Waals surface area contributed by atoms with Gasteiger partial charge in [-0.25, -0.2) is 0 Å². The van der Waals surface area contributed by atoms with Gasteiger partial charge in [0, 0.05) is 6.42 Å². The first kappa shape index (κ1) is 13.1. The monoisotopic (exact) mass is 248 g/mol. The van der Waals surface area contributed by atoms with E-state index in [1.807, 2.05) is 26.8 Å². The number of ketones is 1. The van der Waals surface area contributed by atoms with Crippen LogP contribution in [0.4, 0.5) is 0 Å². The van der Waals surface area contributed by atoms with E-state index in [1.54, 1.807) is 19.1 Å². The fraction of sp³-hybridized carbons (Fsp3) is 0.533. The van der Waals surface area contributed by atoms with Gasteiger partial charge in [-0.1, -0.05) is 17.2 Å². The topological polar surface area (TPSA) is 46.5 Å². The summed E-state index contributed by atoms with van der Waals surface area (Å²) in [7, 11) is 0. The molecule has 0 spiro atoms. The lowest BCUT2D eigenvalue weighted by Gasteiger charge is -2.26. The highest BCUT2D eigenvalue weighted by Gasteiger charge is 2.54. The van der Waals surface area contributed by atoms with Gasteiger partial charge < -0.3 is 9.84 Å². The fourth-order valence-corrected chi connectivity index (χ4v) is 2.64. The van der Waals surface area contributed by atoms with Crippen LogP contribution in [0.5, 0.6) is 0 Å². The average molecular weight is 248 g/mol. The van der Waals surface area contributed by atoms with E-state index >= 15 is 0 Å². The molecule has 1 N–H and O–H groups in total. The molecule has 0 aromatic rings. The molecule has 98 valence electrons. The molecule has 3 heteroatoms. The van der Waals surface area contributed by atoms with E-state index in [0.717, 1.165) is 11.1 Å². The van der Waals surface area contributed by atoms with Crippen LogP contribution in [-0.2, 0) is 9.53 Å². The number of aliphatic hydroxyl groups is 1. The van der Waals surface area contributed by atoms with Gasteiger partial charge in [0.05, 0.1) is 5.92 Å². The average Bonchev–Trinajstić information content (AvgIpc) is 2.46. The summed E-state index contributed by atoms with van der Waals surface area (Å²) in [6.45, 7) is 7.54. The molecule has 0 amide bonds. The van der Waals surface area contributed by atoms with E-state index in [4.69, 9.17) is 4.74 Å². The van der Waals surface area contributed by atoms with E-state index in [-0.39, 0.29) is 11.9 Å². The number of ether oxygens (including phenoxy) is 1. The molecule has 1 aliphatic carbocycles. The maximum Gasteiger partial charge on any atom is 0.165 e. The minimum atomic E-state index is -1.20. The molecule has 3 atom stereocenters. The van der Waals surface area contributed by atoms with Crippen molar-refractivity contribution in [1.29, 1.82) is 0 Å². The smallest absolute Gasteiger partial charge is 0.165 e. The second-order valence-corrected chi connectivity index (χ2v) is 5.65. The van der Waals surface area contributed by atoms with E-state index in [9.17, 15) is 9.90 Å². The Balaban J connectivity index is 2.35. The van der Waals surface area contributed by atoms with Crippen LogP contribution in [0.2, 0.25) is 0 Å². The molecule has 0 bridgehead atoms. The Bertz CT molecular complexity index is 462. The molecule has 2 rings (SSSR count). The van der Waals surface area contributed by atoms with Crippen molar-refractivity contribution in [3.05, 3.63) is 35.1 Å². The standard InChI is InChI=1S/C15H20O3/c1-9(2)5-6-13-15(4,17)14-11(16)7-10(3)8-12(14)18-13/h5-7,12,14,17H,8H2,1-4H3/t12-,14+,15-/m0/s1. The molecule has 0 aromatic carbocycles. The minimum Gasteiger partial charge on any atom is -0.490 e. The molecule has 3 nitrogen and oxygen atoms in total. The van der Waals surface area contributed by atoms with E-state index in [1.165, 1.54) is 0 Å². The molecule has 1 fully saturated rings. The number of fused-ring (bicyclic) bond motifs is 1. The molecule has 2 aliphatic rings. The Kier molecular flexibility index (Phi) is 3.20. The zero-order valence-corrected chi connectivity index (χ0v) is 11.4. The third-order valence-corrected chi connectivity index (χ3v) is 3.54. The van der Waals surface area contributed by atoms with Crippen molar-refractivity contribution in [3.63, 3.8) is 0 Å². The molecule has 1 aliphatic heterocycles. The molecule has 0 radical (unpaired) electrons. The molecule has 1 heterocycles. The highest BCUT2D eigenvalue weighted by molar-refractivity contribution is 5.95. The van der Waals surface area contributed by atoms with Crippen molar-refractivity contribution < 1.29 is 14.6 Å². The molecule has 0 saturated carbocycles. The molecular formula is C15H20O3. The minimum absolute atomic E-state index is 0.0330. The predicted octanol–water partition coefficient (Wildman–Crippen LogP) is 2.52. The first-order chi connectivity index (χ1) is 8.32. The van der Waals surface area contributed by atoms with Gasteiger partial charge in [-0.3, -0.25) is 4.79 Å². The zero-order chi connectivity index (χ0) is 13.5. The summed E-state index contributed by atoms with van der Waals surface area (Å²) in [5, 5.41) is 10.5. The Hall–Kier alpha value is -1.35. The van der Waals surface area contributed by atoms with Gasteiger partial charge in [-0.15, -0.1) is 0 Å². The van der Waals surface area contributed by atoms with Crippen LogP contribution in [-0.4, -0.2) is 22.6 Å². The second kappa shape index (κ2) is 4.39. The SMILES string of the molecule is CC(C)=CC=C1O[C@H]2CC(C)=CC(=O)[C@H]2[C@@]1(C)O. The van der Waals surface area contributed by atoms with Crippen molar-refractivity contribution in [3.8, 4) is 0 Å². The van der Waals surface area contributed by atoms with Crippen molar-refractivity contribution in [2.75, 3.05) is 0 Å². The number of hydrogen-bond acceptors (Lipinski definition) is 3. The van der Waals surface area contributed by atoms with E-state index in [0.29, 0.717) is 12.2 Å². The van der Waals surface area contributed by atoms with Crippen LogP contribution in [0.15, 0.2) is 35.1 Å². The number of hydrogen-bond donors (Lipinski definition) is 1. The van der Waals surface area contributed by atoms with Crippen LogP contribution in [0.1, 0.15) is 34.1 Å². The number of rotatable bonds is 1. The van der Waals surface area contributed by atoms with Gasteiger partial charge in [0.2, 0.25) is 0 Å². The molecule has 1 saturated heterocycles. The number of allylic oxidation sites excluding steroid dienone is 4. The maximum absolute atomic E-state index is 12.0. The number of carbonyl (C=O) groups is 1. The highest BCUT2D eigenvalue weighted by atomic mass is 16.5. The fourth-order valence-electron chi connectivity index (χ4n) is 2.64. The molecule has 0 aromatic heterocycles. The first-order valence-electron chi connectivity index (χ1n) is 6.28. The second-order valence-electron chi connectivity index (χ2n) is 5.65. The quantitative estimate of drug-likeness (QED) is 0.775. The highest BCUT2D eigenvalue weighted by Crippen LogP contribution is 2.44. The molecule has 18 heavy (non-hydrogen) atoms. The summed E-state index contributed by atoms with van der Waals surface area (Å²) in [6.07, 6.45) is 5.78. The van der Waals surface area contributed by atoms with Crippen LogP contribution < -0.4 is 0 Å². The third kappa shape index (κ3) is 2.15. The van der Waals surface area contributed by atoms with Gasteiger partial charge in [-0.05, 0) is 39.8 Å². The third-order valence-electron chi connectivity index (χ3n) is 3.54. The normalized spacial score (nSPS) is 37.1. The van der Waals surface area contributed by atoms with Crippen molar-refractivity contribution in [2.45, 2.75) is 45.8 Å². The lowest BCUT2D eigenvalue weighted by Crippen LogP contribution is -2.41. The van der Waals surface area contributed by atoms with E-state index < -0.39 is 11.5 Å². The van der Waals surface area contributed by atoms with E-state index in [2.05, 4.69) is 0 Å². The predicted molar refractivity (Wildman–Crippen MR) is 69.9 cm³/mol. The van der Waals surface area contributed by atoms with Gasteiger partial charge in [0.1, 0.15) is 17.5 Å². The maximum atomic E-state index is 12.0. The lowest BCUT2D eigenvalue weighted by molar-refractivity contribution is -0.125. The van der Waals surface area contributed by atoms with Gasteiger partial charge >= 0.3 is 0 Å². The summed E-state index contributed by atoms with van der Waals surface area (Å²) in [4.78, 5) is 12.0. The zero-order valence-electron chi connectivity index (χ0n) is 11.4. The van der Waals surface area contributed by atoms with Gasteiger partial charge in [0.25, 0.3) is 0 Å². The van der Waals surface area contributed by atoms with Crippen LogP contribution in [0.25, 0.3) is 0 Å². The Morgan fingerprint density at radius 3 is 2.83 bits per heavy atom. The van der Waals surface area contributed by atoms with Crippen LogP contribution in [0, 0.1) is 5.92 Å². The number of carbonyl (C=O) groups excluding carboxylic acids is 1. The summed E-state index contributed by atoms with van der Waals surface area (Å²) < 4.78 is 5.78. The Labute approximate surface area is 108 Å². The van der Waals surface area contributed by atoms with Crippen molar-refractivity contribution in [1.82, 2.24) is 0 Å². The summed E-state index contributed by atoms with van der Waals surface area (Å²) in [5.74, 6) is -0.0116. The Morgan fingerprint density at radius 2 is 2.22 bits per heavy atom. The van der Waals surface area contributed by atoms with Crippen LogP contribution in [0.3, 0.4) is 0 Å². The van der Waals surface area contributed by atoms with Crippen LogP contribution >= 0.6 is 0 Å². The summed E-state index contributed by atoms with van der Waals surface area (Å²) in [5.41, 5.74) is 0.933. The summed E-state index contributed by atoms with van der Waals surface area (Å²) >= 11 is 0. The van der Waals surface area contributed by atoms with Gasteiger partial charge in [0.15, 0.2) is 5.78 Å². The van der Waals surface area contributed by atoms with Crippen molar-refractivity contribution >= 4 is 5.78 Å². The van der Waals surface area contributed by atoms with Gasteiger partial charge in [-0.2, -0.15) is 0 Å². The van der Waals surface area contributed by atoms with Crippen molar-refractivity contribution in [2.24, 2.45) is 5.92 Å².